The first-order chi connectivity index (χ1) is 9.24. The molecule has 1 unspecified atom stereocenters. The molecule has 2 nitrogen and oxygen atoms in total. The molecule has 0 heterocycles. The van der Waals surface area contributed by atoms with Crippen LogP contribution in [0.15, 0.2) is 0 Å². The van der Waals surface area contributed by atoms with Crippen molar-refractivity contribution in [2.45, 2.75) is 72.3 Å². The Hall–Kier alpha value is -0.0800. The highest BCUT2D eigenvalue weighted by molar-refractivity contribution is 4.82. The summed E-state index contributed by atoms with van der Waals surface area (Å²) in [5, 5.41) is 3.76. The molecule has 0 aromatic carbocycles. The molecule has 19 heavy (non-hydrogen) atoms. The summed E-state index contributed by atoms with van der Waals surface area (Å²) in [7, 11) is 0. The van der Waals surface area contributed by atoms with Gasteiger partial charge in [-0.15, -0.1) is 0 Å². The van der Waals surface area contributed by atoms with Crippen LogP contribution in [0.25, 0.3) is 0 Å². The lowest BCUT2D eigenvalue weighted by Gasteiger charge is -2.35. The third kappa shape index (κ3) is 5.83. The van der Waals surface area contributed by atoms with Crippen LogP contribution in [-0.2, 0) is 0 Å². The number of nitrogens with zero attached hydrogens (tertiary/aromatic N) is 1. The normalized spacial score (nSPS) is 25.7. The molecule has 1 aliphatic carbocycles. The van der Waals surface area contributed by atoms with Crippen molar-refractivity contribution in [2.24, 2.45) is 11.8 Å². The topological polar surface area (TPSA) is 15.3 Å². The predicted molar refractivity (Wildman–Crippen MR) is 85.6 cm³/mol. The van der Waals surface area contributed by atoms with E-state index in [1.807, 2.05) is 0 Å². The summed E-state index contributed by atoms with van der Waals surface area (Å²) in [5.74, 6) is 1.94. The Labute approximate surface area is 121 Å². The summed E-state index contributed by atoms with van der Waals surface area (Å²) >= 11 is 0. The van der Waals surface area contributed by atoms with Gasteiger partial charge in [0.25, 0.3) is 0 Å². The van der Waals surface area contributed by atoms with Gasteiger partial charge in [0.2, 0.25) is 0 Å². The van der Waals surface area contributed by atoms with Gasteiger partial charge in [0.1, 0.15) is 0 Å². The highest BCUT2D eigenvalue weighted by Gasteiger charge is 2.26. The van der Waals surface area contributed by atoms with Crippen LogP contribution in [-0.4, -0.2) is 37.1 Å². The molecule has 0 aromatic heterocycles. The van der Waals surface area contributed by atoms with Crippen molar-refractivity contribution in [3.8, 4) is 0 Å². The minimum Gasteiger partial charge on any atom is -0.314 e. The van der Waals surface area contributed by atoms with Crippen LogP contribution < -0.4 is 5.32 Å². The molecule has 0 bridgehead atoms. The van der Waals surface area contributed by atoms with E-state index < -0.39 is 0 Å². The SMILES string of the molecule is CCNC(CCN(CC)CC)C1CCC(CC)CC1. The lowest BCUT2D eigenvalue weighted by molar-refractivity contribution is 0.193. The van der Waals surface area contributed by atoms with Crippen molar-refractivity contribution < 1.29 is 0 Å². The molecule has 1 N–H and O–H groups in total. The molecule has 1 fully saturated rings. The number of rotatable bonds is 9. The first-order valence-electron chi connectivity index (χ1n) is 8.70. The fourth-order valence-electron chi connectivity index (χ4n) is 3.63. The molecule has 0 amide bonds. The van der Waals surface area contributed by atoms with Crippen molar-refractivity contribution >= 4 is 0 Å². The Balaban J connectivity index is 2.39. The molecular weight excluding hydrogens is 232 g/mol. The fourth-order valence-corrected chi connectivity index (χ4v) is 3.63. The molecule has 0 aliphatic heterocycles. The number of nitrogens with one attached hydrogen (secondary N) is 1. The van der Waals surface area contributed by atoms with Gasteiger partial charge in [-0.05, 0) is 57.3 Å². The monoisotopic (exact) mass is 268 g/mol. The van der Waals surface area contributed by atoms with E-state index >= 15 is 0 Å². The largest absolute Gasteiger partial charge is 0.314 e. The Morgan fingerprint density at radius 2 is 1.63 bits per heavy atom. The summed E-state index contributed by atoms with van der Waals surface area (Å²) in [6, 6.07) is 0.753. The summed E-state index contributed by atoms with van der Waals surface area (Å²) in [6.45, 7) is 13.9. The van der Waals surface area contributed by atoms with Gasteiger partial charge in [-0.2, -0.15) is 0 Å². The summed E-state index contributed by atoms with van der Waals surface area (Å²) < 4.78 is 0. The maximum absolute atomic E-state index is 3.76. The molecule has 1 saturated carbocycles. The summed E-state index contributed by atoms with van der Waals surface area (Å²) in [5.41, 5.74) is 0. The van der Waals surface area contributed by atoms with Gasteiger partial charge in [-0.1, -0.05) is 47.0 Å². The average Bonchev–Trinajstić information content (AvgIpc) is 2.47. The van der Waals surface area contributed by atoms with Crippen LogP contribution in [0.2, 0.25) is 0 Å². The van der Waals surface area contributed by atoms with Gasteiger partial charge in [0, 0.05) is 6.04 Å². The average molecular weight is 268 g/mol. The van der Waals surface area contributed by atoms with E-state index in [1.54, 1.807) is 0 Å². The molecule has 114 valence electrons. The fraction of sp³-hybridized carbons (Fsp3) is 1.00. The standard InChI is InChI=1S/C17H36N2/c1-5-15-9-11-16(12-10-15)17(18-6-2)13-14-19(7-3)8-4/h15-18H,5-14H2,1-4H3. The molecule has 0 aromatic rings. The molecule has 1 aliphatic rings. The van der Waals surface area contributed by atoms with Crippen LogP contribution >= 0.6 is 0 Å². The molecule has 0 spiro atoms. The van der Waals surface area contributed by atoms with Crippen LogP contribution in [0.4, 0.5) is 0 Å². The van der Waals surface area contributed by atoms with Gasteiger partial charge >= 0.3 is 0 Å². The highest BCUT2D eigenvalue weighted by Crippen LogP contribution is 2.33. The Morgan fingerprint density at radius 3 is 2.11 bits per heavy atom. The van der Waals surface area contributed by atoms with Crippen molar-refractivity contribution in [1.82, 2.24) is 10.2 Å². The van der Waals surface area contributed by atoms with Crippen LogP contribution in [0, 0.1) is 11.8 Å². The van der Waals surface area contributed by atoms with E-state index in [2.05, 4.69) is 37.9 Å². The number of hydrogen-bond acceptors (Lipinski definition) is 2. The van der Waals surface area contributed by atoms with Crippen LogP contribution in [0.3, 0.4) is 0 Å². The second-order valence-corrected chi connectivity index (χ2v) is 6.17. The van der Waals surface area contributed by atoms with Gasteiger partial charge in [-0.25, -0.2) is 0 Å². The number of hydrogen-bond donors (Lipinski definition) is 1. The van der Waals surface area contributed by atoms with E-state index in [1.165, 1.54) is 58.2 Å². The lowest BCUT2D eigenvalue weighted by atomic mass is 9.77. The van der Waals surface area contributed by atoms with Crippen molar-refractivity contribution in [2.75, 3.05) is 26.2 Å². The molecule has 1 atom stereocenters. The lowest BCUT2D eigenvalue weighted by Crippen LogP contribution is -2.40. The molecule has 0 saturated heterocycles. The first kappa shape index (κ1) is 17.0. The van der Waals surface area contributed by atoms with Crippen molar-refractivity contribution in [3.05, 3.63) is 0 Å². The van der Waals surface area contributed by atoms with Crippen molar-refractivity contribution in [3.63, 3.8) is 0 Å². The zero-order valence-electron chi connectivity index (χ0n) is 13.8. The van der Waals surface area contributed by atoms with E-state index in [0.29, 0.717) is 0 Å². The molecule has 2 heteroatoms. The van der Waals surface area contributed by atoms with Crippen molar-refractivity contribution in [1.29, 1.82) is 0 Å². The van der Waals surface area contributed by atoms with Crippen LogP contribution in [0.1, 0.15) is 66.2 Å². The van der Waals surface area contributed by atoms with E-state index in [-0.39, 0.29) is 0 Å². The van der Waals surface area contributed by atoms with Gasteiger partial charge in [0.05, 0.1) is 0 Å². The predicted octanol–water partition coefficient (Wildman–Crippen LogP) is 3.91. The Morgan fingerprint density at radius 1 is 1.00 bits per heavy atom. The Bertz CT molecular complexity index is 205. The molecule has 1 rings (SSSR count). The van der Waals surface area contributed by atoms with Crippen LogP contribution in [0.5, 0.6) is 0 Å². The third-order valence-corrected chi connectivity index (χ3v) is 5.15. The highest BCUT2D eigenvalue weighted by atomic mass is 15.1. The van der Waals surface area contributed by atoms with E-state index in [9.17, 15) is 0 Å². The quantitative estimate of drug-likeness (QED) is 0.682. The van der Waals surface area contributed by atoms with E-state index in [0.717, 1.165) is 24.4 Å². The zero-order valence-corrected chi connectivity index (χ0v) is 13.8. The van der Waals surface area contributed by atoms with Gasteiger partial charge in [0.15, 0.2) is 0 Å². The van der Waals surface area contributed by atoms with E-state index in [4.69, 9.17) is 0 Å². The summed E-state index contributed by atoms with van der Waals surface area (Å²) in [4.78, 5) is 2.56. The Kier molecular flexibility index (Phi) is 8.72. The zero-order chi connectivity index (χ0) is 14.1. The minimum atomic E-state index is 0.753. The minimum absolute atomic E-state index is 0.753. The molecule has 0 radical (unpaired) electrons. The van der Waals surface area contributed by atoms with Gasteiger partial charge in [-0.3, -0.25) is 0 Å². The third-order valence-electron chi connectivity index (χ3n) is 5.15. The maximum Gasteiger partial charge on any atom is 0.0107 e. The smallest absolute Gasteiger partial charge is 0.0107 e. The second kappa shape index (κ2) is 9.77. The van der Waals surface area contributed by atoms with Gasteiger partial charge < -0.3 is 10.2 Å². The molecular formula is C17H36N2. The maximum atomic E-state index is 3.76. The first-order valence-corrected chi connectivity index (χ1v) is 8.70. The second-order valence-electron chi connectivity index (χ2n) is 6.17. The summed E-state index contributed by atoms with van der Waals surface area (Å²) in [6.07, 6.45) is 8.56.